The molecule has 1 unspecified atom stereocenters. The van der Waals surface area contributed by atoms with Crippen LogP contribution in [-0.4, -0.2) is 36.6 Å². The first-order chi connectivity index (χ1) is 8.90. The quantitative estimate of drug-likeness (QED) is 0.924. The highest BCUT2D eigenvalue weighted by Gasteiger charge is 2.30. The van der Waals surface area contributed by atoms with Crippen LogP contribution in [-0.2, 0) is 9.59 Å². The SMILES string of the molecule is CC(CC(=O)O)N1CC(=O)N(C)c2ccc(Br)cc21. The molecule has 6 heteroatoms. The Labute approximate surface area is 119 Å². The lowest BCUT2D eigenvalue weighted by Gasteiger charge is -2.38. The summed E-state index contributed by atoms with van der Waals surface area (Å²) in [5, 5.41) is 8.90. The topological polar surface area (TPSA) is 60.9 Å². The number of amides is 1. The molecular weight excluding hydrogens is 312 g/mol. The second-order valence-corrected chi connectivity index (χ2v) is 5.58. The molecule has 1 N–H and O–H groups in total. The van der Waals surface area contributed by atoms with E-state index >= 15 is 0 Å². The Morgan fingerprint density at radius 1 is 1.47 bits per heavy atom. The smallest absolute Gasteiger partial charge is 0.305 e. The molecule has 0 fully saturated rings. The normalized spacial score (nSPS) is 16.3. The van der Waals surface area contributed by atoms with Crippen molar-refractivity contribution in [2.24, 2.45) is 0 Å². The van der Waals surface area contributed by atoms with Crippen LogP contribution in [0.2, 0.25) is 0 Å². The molecule has 0 aromatic heterocycles. The lowest BCUT2D eigenvalue weighted by Crippen LogP contribution is -2.48. The number of hydrogen-bond donors (Lipinski definition) is 1. The van der Waals surface area contributed by atoms with Gasteiger partial charge in [-0.1, -0.05) is 15.9 Å². The third-order valence-electron chi connectivity index (χ3n) is 3.29. The van der Waals surface area contributed by atoms with Crippen molar-refractivity contribution in [2.45, 2.75) is 19.4 Å². The Kier molecular flexibility index (Phi) is 3.80. The molecule has 1 heterocycles. The highest BCUT2D eigenvalue weighted by Crippen LogP contribution is 2.36. The number of halogens is 1. The van der Waals surface area contributed by atoms with Gasteiger partial charge in [-0.2, -0.15) is 0 Å². The molecule has 5 nitrogen and oxygen atoms in total. The van der Waals surface area contributed by atoms with E-state index < -0.39 is 5.97 Å². The molecule has 0 saturated heterocycles. The maximum Gasteiger partial charge on any atom is 0.305 e. The van der Waals surface area contributed by atoms with Gasteiger partial charge in [0.1, 0.15) is 0 Å². The number of fused-ring (bicyclic) bond motifs is 1. The number of aliphatic carboxylic acids is 1. The molecule has 1 atom stereocenters. The zero-order valence-corrected chi connectivity index (χ0v) is 12.3. The summed E-state index contributed by atoms with van der Waals surface area (Å²) in [6.07, 6.45) is 0.00292. The fourth-order valence-corrected chi connectivity index (χ4v) is 2.59. The van der Waals surface area contributed by atoms with E-state index in [4.69, 9.17) is 5.11 Å². The molecule has 1 aliphatic rings. The zero-order chi connectivity index (χ0) is 14.2. The summed E-state index contributed by atoms with van der Waals surface area (Å²) in [5.41, 5.74) is 1.68. The van der Waals surface area contributed by atoms with Crippen LogP contribution in [0.3, 0.4) is 0 Å². The van der Waals surface area contributed by atoms with Crippen LogP contribution in [0.4, 0.5) is 11.4 Å². The van der Waals surface area contributed by atoms with Gasteiger partial charge in [0.2, 0.25) is 5.91 Å². The van der Waals surface area contributed by atoms with Crippen LogP contribution in [0.25, 0.3) is 0 Å². The Balaban J connectivity index is 2.41. The van der Waals surface area contributed by atoms with Crippen LogP contribution in [0.5, 0.6) is 0 Å². The van der Waals surface area contributed by atoms with Crippen molar-refractivity contribution in [2.75, 3.05) is 23.4 Å². The van der Waals surface area contributed by atoms with Gasteiger partial charge >= 0.3 is 5.97 Å². The van der Waals surface area contributed by atoms with Crippen LogP contribution >= 0.6 is 15.9 Å². The number of carboxylic acid groups (broad SMARTS) is 1. The lowest BCUT2D eigenvalue weighted by atomic mass is 10.1. The van der Waals surface area contributed by atoms with E-state index in [1.54, 1.807) is 11.9 Å². The first-order valence-corrected chi connectivity index (χ1v) is 6.74. The summed E-state index contributed by atoms with van der Waals surface area (Å²) in [6, 6.07) is 5.41. The summed E-state index contributed by atoms with van der Waals surface area (Å²) in [5.74, 6) is -0.900. The Hall–Kier alpha value is -1.56. The molecule has 0 spiro atoms. The van der Waals surface area contributed by atoms with Crippen molar-refractivity contribution >= 4 is 39.2 Å². The van der Waals surface area contributed by atoms with Crippen molar-refractivity contribution < 1.29 is 14.7 Å². The third-order valence-corrected chi connectivity index (χ3v) is 3.78. The van der Waals surface area contributed by atoms with Gasteiger partial charge in [0.05, 0.1) is 24.3 Å². The average Bonchev–Trinajstić information content (AvgIpc) is 2.32. The highest BCUT2D eigenvalue weighted by molar-refractivity contribution is 9.10. The summed E-state index contributed by atoms with van der Waals surface area (Å²) in [7, 11) is 1.73. The highest BCUT2D eigenvalue weighted by atomic mass is 79.9. The maximum atomic E-state index is 12.0. The minimum Gasteiger partial charge on any atom is -0.481 e. The van der Waals surface area contributed by atoms with Crippen molar-refractivity contribution in [3.8, 4) is 0 Å². The van der Waals surface area contributed by atoms with Crippen LogP contribution in [0.15, 0.2) is 22.7 Å². The van der Waals surface area contributed by atoms with Crippen molar-refractivity contribution in [1.29, 1.82) is 0 Å². The number of carbonyl (C=O) groups excluding carboxylic acids is 1. The zero-order valence-electron chi connectivity index (χ0n) is 10.8. The van der Waals surface area contributed by atoms with E-state index in [-0.39, 0.29) is 24.9 Å². The van der Waals surface area contributed by atoms with Gasteiger partial charge in [0.25, 0.3) is 0 Å². The molecule has 1 amide bonds. The molecule has 1 aromatic rings. The number of carboxylic acids is 1. The van der Waals surface area contributed by atoms with Gasteiger partial charge in [0, 0.05) is 17.6 Å². The second-order valence-electron chi connectivity index (χ2n) is 4.66. The number of rotatable bonds is 3. The molecule has 0 radical (unpaired) electrons. The van der Waals surface area contributed by atoms with Gasteiger partial charge in [-0.05, 0) is 25.1 Å². The predicted molar refractivity (Wildman–Crippen MR) is 76.6 cm³/mol. The van der Waals surface area contributed by atoms with E-state index in [1.165, 1.54) is 0 Å². The molecule has 0 bridgehead atoms. The fourth-order valence-electron chi connectivity index (χ4n) is 2.24. The number of benzene rings is 1. The summed E-state index contributed by atoms with van der Waals surface area (Å²) >= 11 is 3.41. The first kappa shape index (κ1) is 13.9. The second kappa shape index (κ2) is 5.21. The minimum absolute atomic E-state index is 0.00292. The molecule has 1 aromatic carbocycles. The largest absolute Gasteiger partial charge is 0.481 e. The van der Waals surface area contributed by atoms with E-state index in [0.717, 1.165) is 15.8 Å². The molecule has 0 saturated carbocycles. The predicted octanol–water partition coefficient (Wildman–Crippen LogP) is 2.10. The fraction of sp³-hybridized carbons (Fsp3) is 0.385. The van der Waals surface area contributed by atoms with Crippen molar-refractivity contribution in [1.82, 2.24) is 0 Å². The summed E-state index contributed by atoms with van der Waals surface area (Å²) in [6.45, 7) is 2.02. The standard InChI is InChI=1S/C13H15BrN2O3/c1-8(5-13(18)19)16-7-12(17)15(2)10-4-3-9(14)6-11(10)16/h3-4,6,8H,5,7H2,1-2H3,(H,18,19). The molecular formula is C13H15BrN2O3. The molecule has 0 aliphatic carbocycles. The minimum atomic E-state index is -0.865. The Bertz CT molecular complexity index is 533. The monoisotopic (exact) mass is 326 g/mol. The van der Waals surface area contributed by atoms with Gasteiger partial charge < -0.3 is 14.9 Å². The number of anilines is 2. The Morgan fingerprint density at radius 2 is 2.16 bits per heavy atom. The van der Waals surface area contributed by atoms with E-state index in [2.05, 4.69) is 15.9 Å². The van der Waals surface area contributed by atoms with Gasteiger partial charge in [0.15, 0.2) is 0 Å². The van der Waals surface area contributed by atoms with Gasteiger partial charge in [-0.25, -0.2) is 0 Å². The Morgan fingerprint density at radius 3 is 2.79 bits per heavy atom. The number of hydrogen-bond acceptors (Lipinski definition) is 3. The molecule has 19 heavy (non-hydrogen) atoms. The van der Waals surface area contributed by atoms with E-state index in [0.29, 0.717) is 0 Å². The molecule has 1 aliphatic heterocycles. The van der Waals surface area contributed by atoms with Gasteiger partial charge in [-0.3, -0.25) is 9.59 Å². The number of carbonyl (C=O) groups is 2. The lowest BCUT2D eigenvalue weighted by molar-refractivity contribution is -0.137. The summed E-state index contributed by atoms with van der Waals surface area (Å²) < 4.78 is 0.904. The maximum absolute atomic E-state index is 12.0. The van der Waals surface area contributed by atoms with Crippen LogP contribution in [0, 0.1) is 0 Å². The number of likely N-dealkylation sites (N-methyl/N-ethyl adjacent to an activating group) is 1. The number of nitrogens with zero attached hydrogens (tertiary/aromatic N) is 2. The molecule has 2 rings (SSSR count). The van der Waals surface area contributed by atoms with Crippen LogP contribution < -0.4 is 9.80 Å². The van der Waals surface area contributed by atoms with E-state index in [9.17, 15) is 9.59 Å². The van der Waals surface area contributed by atoms with Crippen molar-refractivity contribution in [3.05, 3.63) is 22.7 Å². The van der Waals surface area contributed by atoms with Crippen molar-refractivity contribution in [3.63, 3.8) is 0 Å². The summed E-state index contributed by atoms with van der Waals surface area (Å²) in [4.78, 5) is 26.3. The third kappa shape index (κ3) is 2.73. The average molecular weight is 327 g/mol. The molecule has 102 valence electrons. The van der Waals surface area contributed by atoms with Gasteiger partial charge in [-0.15, -0.1) is 0 Å². The first-order valence-electron chi connectivity index (χ1n) is 5.94. The van der Waals surface area contributed by atoms with E-state index in [1.807, 2.05) is 30.0 Å². The van der Waals surface area contributed by atoms with Crippen LogP contribution in [0.1, 0.15) is 13.3 Å².